The van der Waals surface area contributed by atoms with Crippen molar-refractivity contribution in [1.82, 2.24) is 9.78 Å². The lowest BCUT2D eigenvalue weighted by Gasteiger charge is -2.10. The Bertz CT molecular complexity index is 1330. The van der Waals surface area contributed by atoms with E-state index in [1.807, 2.05) is 22.9 Å². The summed E-state index contributed by atoms with van der Waals surface area (Å²) in [4.78, 5) is 12.7. The number of rotatable bonds is 6. The Labute approximate surface area is 194 Å². The number of thioether (sulfide) groups is 1. The highest BCUT2D eigenvalue weighted by atomic mass is 35.5. The minimum Gasteiger partial charge on any atom is -0.458 e. The van der Waals surface area contributed by atoms with Crippen molar-refractivity contribution < 1.29 is 9.21 Å². The van der Waals surface area contributed by atoms with E-state index in [4.69, 9.17) is 33.3 Å². The van der Waals surface area contributed by atoms with Crippen LogP contribution >= 0.6 is 35.6 Å². The van der Waals surface area contributed by atoms with Crippen molar-refractivity contribution in [2.75, 3.05) is 5.75 Å². The van der Waals surface area contributed by atoms with Crippen molar-refractivity contribution in [1.29, 1.82) is 0 Å². The molecule has 31 heavy (non-hydrogen) atoms. The average Bonchev–Trinajstić information content (AvgIpc) is 3.37. The minimum atomic E-state index is 0.0211. The van der Waals surface area contributed by atoms with E-state index in [-0.39, 0.29) is 11.5 Å². The zero-order chi connectivity index (χ0) is 21.4. The van der Waals surface area contributed by atoms with E-state index in [1.54, 1.807) is 24.3 Å². The second-order valence-electron chi connectivity index (χ2n) is 7.53. The third kappa shape index (κ3) is 4.07. The van der Waals surface area contributed by atoms with Gasteiger partial charge in [0.15, 0.2) is 16.4 Å². The van der Waals surface area contributed by atoms with Gasteiger partial charge in [0.1, 0.15) is 10.4 Å². The van der Waals surface area contributed by atoms with Crippen molar-refractivity contribution >= 4 is 52.3 Å². The molecule has 0 saturated carbocycles. The summed E-state index contributed by atoms with van der Waals surface area (Å²) in [5.41, 5.74) is 3.67. The summed E-state index contributed by atoms with van der Waals surface area (Å²) in [6.45, 7) is 0.578. The molecule has 0 fully saturated rings. The summed E-state index contributed by atoms with van der Waals surface area (Å²) >= 11 is 13.2. The molecule has 2 heterocycles. The van der Waals surface area contributed by atoms with Gasteiger partial charge in [-0.25, -0.2) is 4.68 Å². The number of carbonyl (C=O) groups is 1. The van der Waals surface area contributed by atoms with Crippen molar-refractivity contribution in [2.45, 2.75) is 30.8 Å². The Hall–Kier alpha value is -2.41. The smallest absolute Gasteiger partial charge is 0.173 e. The number of furan rings is 1. The summed E-state index contributed by atoms with van der Waals surface area (Å²) in [7, 11) is 0. The number of benzene rings is 2. The molecule has 156 valence electrons. The van der Waals surface area contributed by atoms with Crippen LogP contribution in [0.2, 0.25) is 5.02 Å². The summed E-state index contributed by atoms with van der Waals surface area (Å²) in [6, 6.07) is 17.1. The SMILES string of the molecule is O=C(CSc1nn(Cc2ccccc2)c(=S)c2c3c(oc12)CCC3)c1ccc(Cl)cc1. The Balaban J connectivity index is 1.52. The number of ketones is 1. The molecular weight excluding hydrogens is 448 g/mol. The van der Waals surface area contributed by atoms with Crippen molar-refractivity contribution in [3.8, 4) is 0 Å². The summed E-state index contributed by atoms with van der Waals surface area (Å²) in [6.07, 6.45) is 2.97. The van der Waals surface area contributed by atoms with Gasteiger partial charge in [0.2, 0.25) is 0 Å². The van der Waals surface area contributed by atoms with Crippen molar-refractivity contribution in [3.63, 3.8) is 0 Å². The third-order valence-corrected chi connectivity index (χ3v) is 7.07. The highest BCUT2D eigenvalue weighted by Gasteiger charge is 2.25. The first kappa shape index (κ1) is 20.5. The molecule has 5 rings (SSSR count). The van der Waals surface area contributed by atoms with Gasteiger partial charge in [0.25, 0.3) is 0 Å². The van der Waals surface area contributed by atoms with Crippen molar-refractivity contribution in [2.24, 2.45) is 0 Å². The number of nitrogens with zero attached hydrogens (tertiary/aromatic N) is 2. The minimum absolute atomic E-state index is 0.0211. The molecular formula is C24H19ClN2O2S2. The zero-order valence-electron chi connectivity index (χ0n) is 16.6. The molecule has 0 N–H and O–H groups in total. The number of aromatic nitrogens is 2. The van der Waals surface area contributed by atoms with E-state index in [1.165, 1.54) is 17.3 Å². The summed E-state index contributed by atoms with van der Waals surface area (Å²) in [5.74, 6) is 1.29. The quantitative estimate of drug-likeness (QED) is 0.184. The van der Waals surface area contributed by atoms with Gasteiger partial charge < -0.3 is 4.42 Å². The largest absolute Gasteiger partial charge is 0.458 e. The second kappa shape index (κ2) is 8.61. The van der Waals surface area contributed by atoms with Gasteiger partial charge in [-0.1, -0.05) is 65.9 Å². The lowest BCUT2D eigenvalue weighted by atomic mass is 10.1. The lowest BCUT2D eigenvalue weighted by Crippen LogP contribution is -2.09. The summed E-state index contributed by atoms with van der Waals surface area (Å²) in [5, 5.41) is 7.09. The van der Waals surface area contributed by atoms with Crippen LogP contribution in [0.5, 0.6) is 0 Å². The number of carbonyl (C=O) groups excluding carboxylic acids is 1. The van der Waals surface area contributed by atoms with E-state index >= 15 is 0 Å². The second-order valence-corrected chi connectivity index (χ2v) is 9.32. The molecule has 0 saturated heterocycles. The van der Waals surface area contributed by atoms with Gasteiger partial charge in [-0.15, -0.1) is 0 Å². The number of hydrogen-bond acceptors (Lipinski definition) is 5. The molecule has 0 aliphatic heterocycles. The van der Waals surface area contributed by atoms with Gasteiger partial charge in [0.05, 0.1) is 17.7 Å². The molecule has 1 aliphatic carbocycles. The first-order valence-electron chi connectivity index (χ1n) is 10.1. The Morgan fingerprint density at radius 2 is 1.90 bits per heavy atom. The molecule has 2 aromatic carbocycles. The van der Waals surface area contributed by atoms with Crippen LogP contribution in [0.25, 0.3) is 11.0 Å². The van der Waals surface area contributed by atoms with Crippen LogP contribution in [0.15, 0.2) is 64.0 Å². The monoisotopic (exact) mass is 466 g/mol. The van der Waals surface area contributed by atoms with E-state index in [0.29, 0.717) is 32.4 Å². The first-order chi connectivity index (χ1) is 15.1. The van der Waals surface area contributed by atoms with Gasteiger partial charge >= 0.3 is 0 Å². The standard InChI is InChI=1S/C24H19ClN2O2S2/c25-17-11-9-16(10-12-17)19(28)14-31-23-22-21(18-7-4-8-20(18)29-22)24(30)27(26-23)13-15-5-2-1-3-6-15/h1-3,5-6,9-12H,4,7-8,13-14H2. The van der Waals surface area contributed by atoms with Crippen LogP contribution in [0.1, 0.15) is 33.7 Å². The molecule has 2 aromatic heterocycles. The fourth-order valence-corrected chi connectivity index (χ4v) is 5.23. The zero-order valence-corrected chi connectivity index (χ0v) is 19.0. The van der Waals surface area contributed by atoms with Gasteiger partial charge in [-0.05, 0) is 42.7 Å². The van der Waals surface area contributed by atoms with Crippen LogP contribution < -0.4 is 0 Å². The van der Waals surface area contributed by atoms with E-state index in [9.17, 15) is 4.79 Å². The first-order valence-corrected chi connectivity index (χ1v) is 11.9. The maximum Gasteiger partial charge on any atom is 0.173 e. The highest BCUT2D eigenvalue weighted by molar-refractivity contribution is 8.00. The van der Waals surface area contributed by atoms with E-state index in [2.05, 4.69) is 12.1 Å². The Morgan fingerprint density at radius 3 is 2.68 bits per heavy atom. The maximum atomic E-state index is 12.7. The van der Waals surface area contributed by atoms with Crippen molar-refractivity contribution in [3.05, 3.63) is 86.7 Å². The van der Waals surface area contributed by atoms with Crippen LogP contribution in [-0.4, -0.2) is 21.3 Å². The fourth-order valence-electron chi connectivity index (χ4n) is 3.92. The fraction of sp³-hybridized carbons (Fsp3) is 0.208. The normalized spacial score (nSPS) is 12.9. The molecule has 1 aliphatic rings. The molecule has 4 aromatic rings. The summed E-state index contributed by atoms with van der Waals surface area (Å²) < 4.78 is 8.74. The van der Waals surface area contributed by atoms with Crippen LogP contribution in [0, 0.1) is 4.64 Å². The lowest BCUT2D eigenvalue weighted by molar-refractivity contribution is 0.102. The van der Waals surface area contributed by atoms with E-state index < -0.39 is 0 Å². The number of aryl methyl sites for hydroxylation is 2. The average molecular weight is 467 g/mol. The molecule has 0 unspecified atom stereocenters. The highest BCUT2D eigenvalue weighted by Crippen LogP contribution is 2.37. The topological polar surface area (TPSA) is 48.0 Å². The molecule has 0 spiro atoms. The van der Waals surface area contributed by atoms with Crippen LogP contribution in [-0.2, 0) is 19.4 Å². The van der Waals surface area contributed by atoms with Gasteiger partial charge in [0, 0.05) is 22.6 Å². The van der Waals surface area contributed by atoms with Crippen LogP contribution in [0.4, 0.5) is 0 Å². The third-order valence-electron chi connectivity index (χ3n) is 5.46. The number of Topliss-reactive ketones (excluding diaryl/α,β-unsaturated/α-hetero) is 1. The van der Waals surface area contributed by atoms with E-state index in [0.717, 1.165) is 36.0 Å². The number of fused-ring (bicyclic) bond motifs is 3. The molecule has 0 amide bonds. The molecule has 0 atom stereocenters. The van der Waals surface area contributed by atoms with Gasteiger partial charge in [-0.2, -0.15) is 5.10 Å². The molecule has 0 radical (unpaired) electrons. The number of halogens is 1. The molecule has 0 bridgehead atoms. The Kier molecular flexibility index (Phi) is 5.69. The van der Waals surface area contributed by atoms with Crippen LogP contribution in [0.3, 0.4) is 0 Å². The maximum absolute atomic E-state index is 12.7. The number of hydrogen-bond donors (Lipinski definition) is 0. The Morgan fingerprint density at radius 1 is 1.13 bits per heavy atom. The molecule has 4 nitrogen and oxygen atoms in total. The predicted octanol–water partition coefficient (Wildman–Crippen LogP) is 6.52. The molecule has 7 heteroatoms. The predicted molar refractivity (Wildman–Crippen MR) is 127 cm³/mol. The van der Waals surface area contributed by atoms with Gasteiger partial charge in [-0.3, -0.25) is 4.79 Å².